The predicted molar refractivity (Wildman–Crippen MR) is 128 cm³/mol. The number of Topliss-reactive ketones (excluding diaryl/α,β-unsaturated/α-hetero) is 1. The standard InChI is InChI=1S/C24H27N3O7S/c1-14-10-16-11-15(6-8-18(16)27(14)35(5,31)32)19(28)13-26-22(29)24(2,25-23(26)30)17-7-9-20(33-3)21(12-17)34-4/h6-9,11-12,14H,10,13H2,1-5H3,(H,25,30)/t14-,24-/m0/s1. The van der Waals surface area contributed by atoms with Crippen molar-refractivity contribution in [2.75, 3.05) is 31.3 Å². The Labute approximate surface area is 203 Å². The van der Waals surface area contributed by atoms with Crippen molar-refractivity contribution in [3.8, 4) is 11.5 Å². The van der Waals surface area contributed by atoms with Crippen molar-refractivity contribution in [3.63, 3.8) is 0 Å². The van der Waals surface area contributed by atoms with Crippen LogP contribution >= 0.6 is 0 Å². The number of hydrogen-bond acceptors (Lipinski definition) is 7. The molecule has 2 atom stereocenters. The molecular weight excluding hydrogens is 474 g/mol. The van der Waals surface area contributed by atoms with Crippen molar-refractivity contribution >= 4 is 33.4 Å². The Morgan fingerprint density at radius 3 is 2.43 bits per heavy atom. The normalized spacial score (nSPS) is 21.7. The zero-order valence-electron chi connectivity index (χ0n) is 20.1. The number of amides is 3. The highest BCUT2D eigenvalue weighted by molar-refractivity contribution is 7.92. The van der Waals surface area contributed by atoms with Crippen molar-refractivity contribution in [2.24, 2.45) is 0 Å². The Balaban J connectivity index is 1.57. The van der Waals surface area contributed by atoms with Crippen LogP contribution in [0, 0.1) is 0 Å². The molecule has 2 aliphatic rings. The molecule has 2 aliphatic heterocycles. The largest absolute Gasteiger partial charge is 0.493 e. The van der Waals surface area contributed by atoms with Crippen molar-refractivity contribution in [1.29, 1.82) is 0 Å². The molecule has 1 N–H and O–H groups in total. The van der Waals surface area contributed by atoms with E-state index in [1.807, 2.05) is 0 Å². The van der Waals surface area contributed by atoms with E-state index in [1.54, 1.807) is 44.2 Å². The highest BCUT2D eigenvalue weighted by Gasteiger charge is 2.49. The summed E-state index contributed by atoms with van der Waals surface area (Å²) in [5, 5.41) is 2.68. The number of rotatable bonds is 7. The third kappa shape index (κ3) is 4.09. The summed E-state index contributed by atoms with van der Waals surface area (Å²) in [6.45, 7) is 2.91. The second-order valence-corrected chi connectivity index (χ2v) is 10.8. The van der Waals surface area contributed by atoms with Gasteiger partial charge in [0.15, 0.2) is 17.3 Å². The molecule has 0 unspecified atom stereocenters. The van der Waals surface area contributed by atoms with Crippen LogP contribution in [0.5, 0.6) is 11.5 Å². The minimum absolute atomic E-state index is 0.265. The van der Waals surface area contributed by atoms with Gasteiger partial charge in [0.1, 0.15) is 5.54 Å². The van der Waals surface area contributed by atoms with Crippen LogP contribution in [0.3, 0.4) is 0 Å². The fourth-order valence-corrected chi connectivity index (χ4v) is 5.96. The van der Waals surface area contributed by atoms with E-state index < -0.39 is 39.8 Å². The van der Waals surface area contributed by atoms with Gasteiger partial charge in [-0.25, -0.2) is 13.2 Å². The Kier molecular flexibility index (Phi) is 6.00. The molecule has 0 bridgehead atoms. The number of benzene rings is 2. The van der Waals surface area contributed by atoms with Crippen molar-refractivity contribution in [1.82, 2.24) is 10.2 Å². The van der Waals surface area contributed by atoms with Crippen molar-refractivity contribution in [3.05, 3.63) is 53.1 Å². The third-order valence-electron chi connectivity index (χ3n) is 6.45. The molecule has 186 valence electrons. The van der Waals surface area contributed by atoms with Gasteiger partial charge in [0.05, 0.1) is 32.7 Å². The fraction of sp³-hybridized carbons (Fsp3) is 0.375. The van der Waals surface area contributed by atoms with Crippen LogP contribution in [0.1, 0.15) is 35.3 Å². The van der Waals surface area contributed by atoms with Crippen LogP contribution in [0.2, 0.25) is 0 Å². The number of nitrogens with zero attached hydrogens (tertiary/aromatic N) is 2. The monoisotopic (exact) mass is 501 g/mol. The summed E-state index contributed by atoms with van der Waals surface area (Å²) >= 11 is 0. The van der Waals surface area contributed by atoms with Gasteiger partial charge in [0.2, 0.25) is 10.0 Å². The average molecular weight is 502 g/mol. The maximum absolute atomic E-state index is 13.3. The minimum Gasteiger partial charge on any atom is -0.493 e. The van der Waals surface area contributed by atoms with E-state index in [2.05, 4.69) is 5.32 Å². The van der Waals surface area contributed by atoms with Crippen molar-refractivity contribution < 1.29 is 32.3 Å². The number of anilines is 1. The van der Waals surface area contributed by atoms with Crippen LogP contribution in [0.15, 0.2) is 36.4 Å². The van der Waals surface area contributed by atoms with Crippen molar-refractivity contribution in [2.45, 2.75) is 31.8 Å². The zero-order valence-corrected chi connectivity index (χ0v) is 20.9. The van der Waals surface area contributed by atoms with Gasteiger partial charge in [-0.1, -0.05) is 6.07 Å². The van der Waals surface area contributed by atoms with Crippen LogP contribution in [0.4, 0.5) is 10.5 Å². The average Bonchev–Trinajstić information content (AvgIpc) is 3.26. The number of nitrogens with one attached hydrogen (secondary N) is 1. The SMILES string of the molecule is COc1ccc([C@]2(C)NC(=O)N(CC(=O)c3ccc4c(c3)C[C@H](C)N4S(C)(=O)=O)C2=O)cc1OC. The number of fused-ring (bicyclic) bond motifs is 1. The number of carbonyl (C=O) groups excluding carboxylic acids is 3. The molecule has 0 spiro atoms. The predicted octanol–water partition coefficient (Wildman–Crippen LogP) is 2.06. The van der Waals surface area contributed by atoms with Gasteiger partial charge in [-0.2, -0.15) is 0 Å². The number of imide groups is 1. The maximum Gasteiger partial charge on any atom is 0.325 e. The second-order valence-electron chi connectivity index (χ2n) is 8.89. The number of ketones is 1. The summed E-state index contributed by atoms with van der Waals surface area (Å²) in [5.74, 6) is -0.123. The first-order valence-electron chi connectivity index (χ1n) is 10.9. The molecular formula is C24H27N3O7S. The molecule has 0 radical (unpaired) electrons. The van der Waals surface area contributed by atoms with E-state index in [-0.39, 0.29) is 6.04 Å². The van der Waals surface area contributed by atoms with Crippen LogP contribution < -0.4 is 19.1 Å². The van der Waals surface area contributed by atoms with Gasteiger partial charge in [-0.15, -0.1) is 0 Å². The Morgan fingerprint density at radius 1 is 1.11 bits per heavy atom. The number of sulfonamides is 1. The molecule has 35 heavy (non-hydrogen) atoms. The highest BCUT2D eigenvalue weighted by Crippen LogP contribution is 2.37. The van der Waals surface area contributed by atoms with Crippen LogP contribution in [-0.2, 0) is 26.8 Å². The molecule has 0 aromatic heterocycles. The first kappa shape index (κ1) is 24.5. The van der Waals surface area contributed by atoms with Gasteiger partial charge in [0, 0.05) is 11.6 Å². The summed E-state index contributed by atoms with van der Waals surface area (Å²) in [5.41, 5.74) is 0.649. The molecule has 3 amide bonds. The van der Waals surface area contributed by atoms with E-state index in [0.717, 1.165) is 16.7 Å². The van der Waals surface area contributed by atoms with Gasteiger partial charge >= 0.3 is 6.03 Å². The second kappa shape index (κ2) is 8.56. The Morgan fingerprint density at radius 2 is 1.80 bits per heavy atom. The molecule has 0 aliphatic carbocycles. The van der Waals surface area contributed by atoms with Gasteiger partial charge in [-0.3, -0.25) is 18.8 Å². The zero-order chi connectivity index (χ0) is 25.7. The van der Waals surface area contributed by atoms with Crippen LogP contribution in [0.25, 0.3) is 0 Å². The summed E-state index contributed by atoms with van der Waals surface area (Å²) in [6, 6.07) is 8.69. The minimum atomic E-state index is -3.45. The smallest absolute Gasteiger partial charge is 0.325 e. The number of urea groups is 1. The lowest BCUT2D eigenvalue weighted by atomic mass is 9.91. The fourth-order valence-electron chi connectivity index (χ4n) is 4.70. The molecule has 1 saturated heterocycles. The number of hydrogen-bond donors (Lipinski definition) is 1. The van der Waals surface area contributed by atoms with E-state index in [9.17, 15) is 22.8 Å². The maximum atomic E-state index is 13.3. The molecule has 11 heteroatoms. The van der Waals surface area contributed by atoms with E-state index >= 15 is 0 Å². The van der Waals surface area contributed by atoms with E-state index in [0.29, 0.717) is 34.7 Å². The lowest BCUT2D eigenvalue weighted by Crippen LogP contribution is -2.41. The molecule has 2 aromatic rings. The number of ether oxygens (including phenoxy) is 2. The quantitative estimate of drug-likeness (QED) is 0.455. The van der Waals surface area contributed by atoms with Gasteiger partial charge < -0.3 is 14.8 Å². The van der Waals surface area contributed by atoms with Crippen LogP contribution in [-0.4, -0.2) is 64.1 Å². The Bertz CT molecular complexity index is 1340. The lowest BCUT2D eigenvalue weighted by molar-refractivity contribution is -0.130. The summed E-state index contributed by atoms with van der Waals surface area (Å²) < 4.78 is 36.2. The summed E-state index contributed by atoms with van der Waals surface area (Å²) in [6.07, 6.45) is 1.61. The summed E-state index contributed by atoms with van der Waals surface area (Å²) in [4.78, 5) is 39.9. The first-order chi connectivity index (χ1) is 16.4. The summed E-state index contributed by atoms with van der Waals surface area (Å²) in [7, 11) is -0.492. The molecule has 2 heterocycles. The molecule has 2 aromatic carbocycles. The number of carbonyl (C=O) groups is 3. The third-order valence-corrected chi connectivity index (χ3v) is 7.72. The Hall–Kier alpha value is -3.60. The topological polar surface area (TPSA) is 122 Å². The molecule has 1 fully saturated rings. The van der Waals surface area contributed by atoms with Gasteiger partial charge in [0.25, 0.3) is 5.91 Å². The van der Waals surface area contributed by atoms with E-state index in [1.165, 1.54) is 24.6 Å². The van der Waals surface area contributed by atoms with E-state index in [4.69, 9.17) is 9.47 Å². The highest BCUT2D eigenvalue weighted by atomic mass is 32.2. The molecule has 4 rings (SSSR count). The molecule has 10 nitrogen and oxygen atoms in total. The number of methoxy groups -OCH3 is 2. The first-order valence-corrected chi connectivity index (χ1v) is 12.8. The molecule has 0 saturated carbocycles. The lowest BCUT2D eigenvalue weighted by Gasteiger charge is -2.23. The van der Waals surface area contributed by atoms with Gasteiger partial charge in [-0.05, 0) is 61.7 Å².